The van der Waals surface area contributed by atoms with Gasteiger partial charge in [0.1, 0.15) is 0 Å². The molecule has 1 aromatic heterocycles. The maximum Gasteiger partial charge on any atom is 0.260 e. The van der Waals surface area contributed by atoms with Gasteiger partial charge in [-0.1, -0.05) is 50.9 Å². The highest BCUT2D eigenvalue weighted by atomic mass is 79.9. The molecule has 0 aliphatic rings. The fraction of sp³-hybridized carbons (Fsp3) is 0.125. The molecule has 2 aromatic carbocycles. The van der Waals surface area contributed by atoms with E-state index in [1.807, 2.05) is 18.2 Å². The third-order valence-corrected chi connectivity index (χ3v) is 3.69. The Hall–Kier alpha value is -2.14. The highest BCUT2D eigenvalue weighted by Crippen LogP contribution is 2.27. The van der Waals surface area contributed by atoms with Crippen LogP contribution in [0.2, 0.25) is 0 Å². The topological polar surface area (TPSA) is 64.9 Å². The molecule has 3 rings (SSSR count). The monoisotopic (exact) mass is 343 g/mol. The number of aryl methyl sites for hydroxylation is 1. The Bertz CT molecular complexity index is 765. The van der Waals surface area contributed by atoms with Crippen LogP contribution in [-0.4, -0.2) is 10.1 Å². The molecular weight excluding hydrogens is 330 g/mol. The molecule has 4 nitrogen and oxygen atoms in total. The van der Waals surface area contributed by atoms with Crippen molar-refractivity contribution < 1.29 is 4.52 Å². The van der Waals surface area contributed by atoms with Crippen molar-refractivity contribution in [2.45, 2.75) is 13.3 Å². The van der Waals surface area contributed by atoms with Crippen molar-refractivity contribution in [2.24, 2.45) is 0 Å². The first-order chi connectivity index (χ1) is 10.1. The van der Waals surface area contributed by atoms with Crippen molar-refractivity contribution in [1.29, 1.82) is 0 Å². The minimum absolute atomic E-state index is 0.441. The summed E-state index contributed by atoms with van der Waals surface area (Å²) in [5.41, 5.74) is 9.69. The van der Waals surface area contributed by atoms with Crippen LogP contribution in [0.25, 0.3) is 11.5 Å². The molecular formula is C16H14BrN3O. The fourth-order valence-corrected chi connectivity index (χ4v) is 2.40. The van der Waals surface area contributed by atoms with E-state index in [-0.39, 0.29) is 0 Å². The molecule has 0 aliphatic heterocycles. The number of nitrogens with two attached hydrogens (primary N) is 1. The maximum atomic E-state index is 5.95. The molecule has 106 valence electrons. The molecule has 5 heteroatoms. The summed E-state index contributed by atoms with van der Waals surface area (Å²) in [6.07, 6.45) is 0.637. The summed E-state index contributed by atoms with van der Waals surface area (Å²) in [4.78, 5) is 4.42. The van der Waals surface area contributed by atoms with Crippen LogP contribution in [0.4, 0.5) is 5.69 Å². The van der Waals surface area contributed by atoms with E-state index >= 15 is 0 Å². The first kappa shape index (κ1) is 13.8. The van der Waals surface area contributed by atoms with Gasteiger partial charge in [-0.25, -0.2) is 0 Å². The van der Waals surface area contributed by atoms with Crippen molar-refractivity contribution in [3.63, 3.8) is 0 Å². The molecule has 3 aromatic rings. The van der Waals surface area contributed by atoms with Gasteiger partial charge in [0.05, 0.1) is 5.56 Å². The van der Waals surface area contributed by atoms with Gasteiger partial charge < -0.3 is 10.3 Å². The number of hydrogen-bond donors (Lipinski definition) is 1. The van der Waals surface area contributed by atoms with E-state index in [9.17, 15) is 0 Å². The summed E-state index contributed by atoms with van der Waals surface area (Å²) in [5.74, 6) is 1.09. The maximum absolute atomic E-state index is 5.95. The smallest absolute Gasteiger partial charge is 0.260 e. The number of nitrogens with zero attached hydrogens (tertiary/aromatic N) is 2. The Balaban J connectivity index is 1.86. The number of benzene rings is 2. The predicted octanol–water partition coefficient (Wildman–Crippen LogP) is 3.98. The van der Waals surface area contributed by atoms with Crippen LogP contribution in [-0.2, 0) is 6.42 Å². The van der Waals surface area contributed by atoms with Crippen LogP contribution < -0.4 is 5.73 Å². The Kier molecular flexibility index (Phi) is 3.75. The number of hydrogen-bond acceptors (Lipinski definition) is 4. The van der Waals surface area contributed by atoms with E-state index < -0.39 is 0 Å². The van der Waals surface area contributed by atoms with Crippen molar-refractivity contribution in [3.05, 3.63) is 63.9 Å². The number of anilines is 1. The molecule has 0 unspecified atom stereocenters. The lowest BCUT2D eigenvalue weighted by atomic mass is 10.1. The molecule has 0 spiro atoms. The van der Waals surface area contributed by atoms with Crippen LogP contribution in [0, 0.1) is 6.92 Å². The highest BCUT2D eigenvalue weighted by molar-refractivity contribution is 9.10. The van der Waals surface area contributed by atoms with E-state index in [4.69, 9.17) is 10.3 Å². The van der Waals surface area contributed by atoms with Gasteiger partial charge in [0.25, 0.3) is 5.89 Å². The molecule has 2 N–H and O–H groups in total. The third kappa shape index (κ3) is 3.13. The predicted molar refractivity (Wildman–Crippen MR) is 85.8 cm³/mol. The first-order valence-electron chi connectivity index (χ1n) is 6.55. The SMILES string of the molecule is Cc1ccc(Cc2noc(-c3cc(Br)ccc3N)n2)cc1. The fourth-order valence-electron chi connectivity index (χ4n) is 2.04. The van der Waals surface area contributed by atoms with Gasteiger partial charge in [-0.2, -0.15) is 4.98 Å². The zero-order valence-corrected chi connectivity index (χ0v) is 13.1. The van der Waals surface area contributed by atoms with Gasteiger partial charge in [0.15, 0.2) is 5.82 Å². The third-order valence-electron chi connectivity index (χ3n) is 3.20. The van der Waals surface area contributed by atoms with Crippen LogP contribution in [0.15, 0.2) is 51.5 Å². The van der Waals surface area contributed by atoms with Crippen molar-refractivity contribution in [3.8, 4) is 11.5 Å². The summed E-state index contributed by atoms with van der Waals surface area (Å²) in [6, 6.07) is 13.8. The molecule has 0 saturated carbocycles. The molecule has 21 heavy (non-hydrogen) atoms. The minimum Gasteiger partial charge on any atom is -0.398 e. The van der Waals surface area contributed by atoms with Crippen LogP contribution in [0.3, 0.4) is 0 Å². The van der Waals surface area contributed by atoms with Crippen molar-refractivity contribution in [1.82, 2.24) is 10.1 Å². The van der Waals surface area contributed by atoms with Crippen molar-refractivity contribution >= 4 is 21.6 Å². The standard InChI is InChI=1S/C16H14BrN3O/c1-10-2-4-11(5-3-10)8-15-19-16(21-20-15)13-9-12(17)6-7-14(13)18/h2-7,9H,8,18H2,1H3. The summed E-state index contributed by atoms with van der Waals surface area (Å²) in [6.45, 7) is 2.06. The lowest BCUT2D eigenvalue weighted by molar-refractivity contribution is 0.424. The van der Waals surface area contributed by atoms with E-state index in [1.54, 1.807) is 0 Å². The van der Waals surface area contributed by atoms with E-state index in [0.717, 1.165) is 15.6 Å². The van der Waals surface area contributed by atoms with E-state index in [1.165, 1.54) is 5.56 Å². The Morgan fingerprint density at radius 2 is 1.90 bits per heavy atom. The lowest BCUT2D eigenvalue weighted by Gasteiger charge is -2.00. The van der Waals surface area contributed by atoms with E-state index in [0.29, 0.717) is 23.8 Å². The largest absolute Gasteiger partial charge is 0.398 e. The van der Waals surface area contributed by atoms with Gasteiger partial charge in [-0.15, -0.1) is 0 Å². The number of nitrogen functional groups attached to an aromatic ring is 1. The van der Waals surface area contributed by atoms with Gasteiger partial charge >= 0.3 is 0 Å². The number of aromatic nitrogens is 2. The molecule has 0 bridgehead atoms. The van der Waals surface area contributed by atoms with E-state index in [2.05, 4.69) is 57.3 Å². The Morgan fingerprint density at radius 3 is 2.67 bits per heavy atom. The molecule has 0 amide bonds. The average Bonchev–Trinajstić information content (AvgIpc) is 2.92. The molecule has 0 aliphatic carbocycles. The number of rotatable bonds is 3. The Labute approximate surface area is 131 Å². The van der Waals surface area contributed by atoms with Crippen LogP contribution in [0.5, 0.6) is 0 Å². The summed E-state index contributed by atoms with van der Waals surface area (Å²) in [7, 11) is 0. The molecule has 0 saturated heterocycles. The highest BCUT2D eigenvalue weighted by Gasteiger charge is 2.12. The van der Waals surface area contributed by atoms with Gasteiger partial charge in [-0.3, -0.25) is 0 Å². The second-order valence-electron chi connectivity index (χ2n) is 4.91. The molecule has 0 atom stereocenters. The minimum atomic E-state index is 0.441. The normalized spacial score (nSPS) is 10.8. The summed E-state index contributed by atoms with van der Waals surface area (Å²) in [5, 5.41) is 4.02. The van der Waals surface area contributed by atoms with Crippen LogP contribution in [0.1, 0.15) is 17.0 Å². The van der Waals surface area contributed by atoms with Gasteiger partial charge in [0.2, 0.25) is 0 Å². The van der Waals surface area contributed by atoms with Gasteiger partial charge in [-0.05, 0) is 30.7 Å². The number of halogens is 1. The van der Waals surface area contributed by atoms with Crippen molar-refractivity contribution in [2.75, 3.05) is 5.73 Å². The summed E-state index contributed by atoms with van der Waals surface area (Å²) < 4.78 is 6.24. The first-order valence-corrected chi connectivity index (χ1v) is 7.34. The average molecular weight is 344 g/mol. The second kappa shape index (κ2) is 5.69. The molecule has 0 fully saturated rings. The van der Waals surface area contributed by atoms with Gasteiger partial charge in [0, 0.05) is 16.6 Å². The zero-order chi connectivity index (χ0) is 14.8. The molecule has 1 heterocycles. The second-order valence-corrected chi connectivity index (χ2v) is 5.83. The summed E-state index contributed by atoms with van der Waals surface area (Å²) >= 11 is 3.42. The lowest BCUT2D eigenvalue weighted by Crippen LogP contribution is -1.92. The molecule has 0 radical (unpaired) electrons. The quantitative estimate of drug-likeness (QED) is 0.730. The zero-order valence-electron chi connectivity index (χ0n) is 11.5. The van der Waals surface area contributed by atoms with Crippen LogP contribution >= 0.6 is 15.9 Å². The Morgan fingerprint density at radius 1 is 1.14 bits per heavy atom.